The van der Waals surface area contributed by atoms with Gasteiger partial charge in [0.25, 0.3) is 0 Å². The smallest absolute Gasteiger partial charge is 0.232 e. The molecule has 0 radical (unpaired) electrons. The van der Waals surface area contributed by atoms with Crippen molar-refractivity contribution < 1.29 is 8.42 Å². The normalized spacial score (nSPS) is 11.2. The predicted octanol–water partition coefficient (Wildman–Crippen LogP) is 4.54. The van der Waals surface area contributed by atoms with E-state index in [-0.39, 0.29) is 5.75 Å². The van der Waals surface area contributed by atoms with Crippen LogP contribution in [0.5, 0.6) is 0 Å². The van der Waals surface area contributed by atoms with Crippen LogP contribution in [0.3, 0.4) is 0 Å². The molecular weight excluding hydrogens is 320 g/mol. The lowest BCUT2D eigenvalue weighted by Gasteiger charge is -2.10. The number of hydrogen-bond donors (Lipinski definition) is 2. The first-order valence-electron chi connectivity index (χ1n) is 7.03. The van der Waals surface area contributed by atoms with Gasteiger partial charge in [0.2, 0.25) is 10.0 Å². The van der Waals surface area contributed by atoms with Crippen molar-refractivity contribution in [1.82, 2.24) is 0 Å². The maximum atomic E-state index is 11.7. The van der Waals surface area contributed by atoms with Gasteiger partial charge in [-0.25, -0.2) is 8.42 Å². The predicted molar refractivity (Wildman–Crippen MR) is 93.6 cm³/mol. The van der Waals surface area contributed by atoms with Gasteiger partial charge in [0.05, 0.1) is 5.75 Å². The molecule has 0 aliphatic rings. The topological polar surface area (TPSA) is 58.2 Å². The van der Waals surface area contributed by atoms with Crippen molar-refractivity contribution in [1.29, 1.82) is 0 Å². The first-order valence-corrected chi connectivity index (χ1v) is 9.06. The van der Waals surface area contributed by atoms with Crippen molar-refractivity contribution in [3.8, 4) is 0 Å². The van der Waals surface area contributed by atoms with Crippen molar-refractivity contribution in [3.63, 3.8) is 0 Å². The maximum Gasteiger partial charge on any atom is 0.232 e. The highest BCUT2D eigenvalue weighted by Crippen LogP contribution is 2.24. The lowest BCUT2D eigenvalue weighted by molar-refractivity contribution is 0.600. The SMILES string of the molecule is CCCS(=O)(=O)Nc1ccc(Nc2ccc(C)c(Cl)c2)cc1. The summed E-state index contributed by atoms with van der Waals surface area (Å²) in [6, 6.07) is 12.8. The average molecular weight is 339 g/mol. The second-order valence-electron chi connectivity index (χ2n) is 5.09. The van der Waals surface area contributed by atoms with Crippen LogP contribution in [0.2, 0.25) is 5.02 Å². The Morgan fingerprint density at radius 1 is 1.00 bits per heavy atom. The molecule has 22 heavy (non-hydrogen) atoms. The number of anilines is 3. The zero-order valence-corrected chi connectivity index (χ0v) is 14.1. The lowest BCUT2D eigenvalue weighted by atomic mass is 10.2. The van der Waals surface area contributed by atoms with E-state index in [4.69, 9.17) is 11.6 Å². The fourth-order valence-corrected chi connectivity index (χ4v) is 3.27. The van der Waals surface area contributed by atoms with Crippen molar-refractivity contribution in [2.75, 3.05) is 15.8 Å². The molecule has 0 saturated heterocycles. The van der Waals surface area contributed by atoms with E-state index in [2.05, 4.69) is 10.0 Å². The molecule has 0 aliphatic carbocycles. The second-order valence-corrected chi connectivity index (χ2v) is 7.34. The van der Waals surface area contributed by atoms with Crippen molar-refractivity contribution in [2.45, 2.75) is 20.3 Å². The van der Waals surface area contributed by atoms with Crippen LogP contribution in [0.1, 0.15) is 18.9 Å². The summed E-state index contributed by atoms with van der Waals surface area (Å²) in [7, 11) is -3.25. The number of halogens is 1. The van der Waals surface area contributed by atoms with Crippen molar-refractivity contribution in [3.05, 3.63) is 53.1 Å². The zero-order valence-electron chi connectivity index (χ0n) is 12.6. The molecule has 0 fully saturated rings. The minimum atomic E-state index is -3.25. The van der Waals surface area contributed by atoms with E-state index in [0.29, 0.717) is 17.1 Å². The van der Waals surface area contributed by atoms with Crippen LogP contribution in [0.25, 0.3) is 0 Å². The summed E-state index contributed by atoms with van der Waals surface area (Å²) in [5.41, 5.74) is 3.32. The molecule has 0 heterocycles. The first-order chi connectivity index (χ1) is 10.4. The van der Waals surface area contributed by atoms with Crippen LogP contribution < -0.4 is 10.0 Å². The summed E-state index contributed by atoms with van der Waals surface area (Å²) in [6.07, 6.45) is 0.586. The highest BCUT2D eigenvalue weighted by atomic mass is 35.5. The number of nitrogens with one attached hydrogen (secondary N) is 2. The molecule has 0 atom stereocenters. The maximum absolute atomic E-state index is 11.7. The fraction of sp³-hybridized carbons (Fsp3) is 0.250. The van der Waals surface area contributed by atoms with Crippen LogP contribution >= 0.6 is 11.6 Å². The summed E-state index contributed by atoms with van der Waals surface area (Å²) in [5, 5.41) is 3.93. The molecule has 2 aromatic carbocycles. The standard InChI is InChI=1S/C16H19ClN2O2S/c1-3-10-22(20,21)19-14-8-6-13(7-9-14)18-15-5-4-12(2)16(17)11-15/h4-9,11,18-19H,3,10H2,1-2H3. The Kier molecular flexibility index (Phi) is 5.32. The Balaban J connectivity index is 2.07. The fourth-order valence-electron chi connectivity index (χ4n) is 1.96. The van der Waals surface area contributed by atoms with E-state index >= 15 is 0 Å². The Labute approximate surface area is 136 Å². The van der Waals surface area contributed by atoms with Gasteiger partial charge in [-0.15, -0.1) is 0 Å². The molecule has 0 spiro atoms. The number of benzene rings is 2. The molecule has 0 amide bonds. The quantitative estimate of drug-likeness (QED) is 0.812. The van der Waals surface area contributed by atoms with Gasteiger partial charge in [-0.1, -0.05) is 24.6 Å². The largest absolute Gasteiger partial charge is 0.355 e. The minimum Gasteiger partial charge on any atom is -0.355 e. The van der Waals surface area contributed by atoms with E-state index in [1.165, 1.54) is 0 Å². The van der Waals surface area contributed by atoms with Crippen molar-refractivity contribution in [2.24, 2.45) is 0 Å². The molecule has 0 bridgehead atoms. The summed E-state index contributed by atoms with van der Waals surface area (Å²) in [4.78, 5) is 0. The molecule has 0 aliphatic heterocycles. The number of aryl methyl sites for hydroxylation is 1. The molecule has 118 valence electrons. The summed E-state index contributed by atoms with van der Waals surface area (Å²) >= 11 is 6.09. The molecule has 2 aromatic rings. The first kappa shape index (κ1) is 16.6. The number of rotatable bonds is 6. The minimum absolute atomic E-state index is 0.120. The van der Waals surface area contributed by atoms with Gasteiger partial charge in [-0.2, -0.15) is 0 Å². The summed E-state index contributed by atoms with van der Waals surface area (Å²) in [6.45, 7) is 3.78. The number of sulfonamides is 1. The van der Waals surface area contributed by atoms with E-state index in [0.717, 1.165) is 16.9 Å². The van der Waals surface area contributed by atoms with E-state index in [9.17, 15) is 8.42 Å². The highest BCUT2D eigenvalue weighted by Gasteiger charge is 2.08. The Bertz CT molecular complexity index is 743. The molecule has 4 nitrogen and oxygen atoms in total. The van der Waals surface area contributed by atoms with E-state index in [1.54, 1.807) is 12.1 Å². The Morgan fingerprint density at radius 2 is 1.59 bits per heavy atom. The van der Waals surface area contributed by atoms with Crippen molar-refractivity contribution >= 4 is 38.7 Å². The Hall–Kier alpha value is -1.72. The van der Waals surface area contributed by atoms with Gasteiger partial charge < -0.3 is 5.32 Å². The van der Waals surface area contributed by atoms with Gasteiger partial charge in [0.1, 0.15) is 0 Å². The third-order valence-corrected chi connectivity index (χ3v) is 4.99. The van der Waals surface area contributed by atoms with Crippen LogP contribution in [0.4, 0.5) is 17.1 Å². The molecule has 0 aromatic heterocycles. The molecular formula is C16H19ClN2O2S. The summed E-state index contributed by atoms with van der Waals surface area (Å²) < 4.78 is 26.0. The third kappa shape index (κ3) is 4.64. The molecule has 2 N–H and O–H groups in total. The molecule has 2 rings (SSSR count). The van der Waals surface area contributed by atoms with E-state index in [1.807, 2.05) is 44.2 Å². The monoisotopic (exact) mass is 338 g/mol. The lowest BCUT2D eigenvalue weighted by Crippen LogP contribution is -2.15. The van der Waals surface area contributed by atoms with Crippen LogP contribution in [-0.4, -0.2) is 14.2 Å². The van der Waals surface area contributed by atoms with Gasteiger partial charge in [0, 0.05) is 22.1 Å². The highest BCUT2D eigenvalue weighted by molar-refractivity contribution is 7.92. The Morgan fingerprint density at radius 3 is 2.18 bits per heavy atom. The van der Waals surface area contributed by atoms with Gasteiger partial charge in [-0.3, -0.25) is 4.72 Å². The van der Waals surface area contributed by atoms with Crippen LogP contribution in [-0.2, 0) is 10.0 Å². The van der Waals surface area contributed by atoms with E-state index < -0.39 is 10.0 Å². The van der Waals surface area contributed by atoms with Gasteiger partial charge >= 0.3 is 0 Å². The zero-order chi connectivity index (χ0) is 16.2. The molecule has 6 heteroatoms. The van der Waals surface area contributed by atoms with Crippen LogP contribution in [0.15, 0.2) is 42.5 Å². The average Bonchev–Trinajstić information content (AvgIpc) is 2.44. The van der Waals surface area contributed by atoms with Gasteiger partial charge in [0.15, 0.2) is 0 Å². The van der Waals surface area contributed by atoms with Gasteiger partial charge in [-0.05, 0) is 55.3 Å². The third-order valence-electron chi connectivity index (χ3n) is 3.09. The van der Waals surface area contributed by atoms with Crippen LogP contribution in [0, 0.1) is 6.92 Å². The molecule has 0 unspecified atom stereocenters. The molecule has 0 saturated carbocycles. The number of hydrogen-bond acceptors (Lipinski definition) is 3. The summed E-state index contributed by atoms with van der Waals surface area (Å²) in [5.74, 6) is 0.120. The second kappa shape index (κ2) is 7.03.